The van der Waals surface area contributed by atoms with E-state index in [4.69, 9.17) is 18.5 Å². The van der Waals surface area contributed by atoms with Crippen LogP contribution in [-0.2, 0) is 27.9 Å². The third-order valence-electron chi connectivity index (χ3n) is 11.0. The molecule has 1 aliphatic rings. The summed E-state index contributed by atoms with van der Waals surface area (Å²) in [6.45, 7) is 4.05. The number of carbonyl (C=O) groups excluding carboxylic acids is 1. The number of carbonyl (C=O) groups is 1. The quantitative estimate of drug-likeness (QED) is 0.0147. The predicted octanol–water partition coefficient (Wildman–Crippen LogP) is 10.9. The van der Waals surface area contributed by atoms with E-state index in [-0.39, 0.29) is 13.0 Å². The molecule has 13 heteroatoms. The van der Waals surface area contributed by atoms with E-state index in [1.54, 1.807) is 0 Å². The second-order valence-corrected chi connectivity index (χ2v) is 18.3. The second-order valence-electron chi connectivity index (χ2n) is 16.9. The van der Waals surface area contributed by atoms with Crippen molar-refractivity contribution < 1.29 is 58.3 Å². The fraction of sp³-hybridized carbons (Fsp3) is 0.712. The van der Waals surface area contributed by atoms with Gasteiger partial charge in [-0.3, -0.25) is 13.8 Å². The van der Waals surface area contributed by atoms with Gasteiger partial charge in [0.15, 0.2) is 0 Å². The number of aliphatic hydroxyl groups is 5. The van der Waals surface area contributed by atoms with Crippen molar-refractivity contribution in [2.75, 3.05) is 19.8 Å². The van der Waals surface area contributed by atoms with Crippen LogP contribution in [0.3, 0.4) is 0 Å². The largest absolute Gasteiger partial charge is 0.472 e. The van der Waals surface area contributed by atoms with Crippen LogP contribution in [-0.4, -0.2) is 98.9 Å². The maximum atomic E-state index is 12.8. The lowest BCUT2D eigenvalue weighted by Crippen LogP contribution is -2.64. The lowest BCUT2D eigenvalue weighted by atomic mass is 9.85. The monoisotopic (exact) mass is 937 g/mol. The molecular weight excluding hydrogens is 848 g/mol. The summed E-state index contributed by atoms with van der Waals surface area (Å²) < 4.78 is 34.2. The molecule has 0 aliphatic heterocycles. The Balaban J connectivity index is 2.41. The molecule has 0 aromatic rings. The van der Waals surface area contributed by atoms with Crippen LogP contribution in [0.15, 0.2) is 85.1 Å². The number of hydrogen-bond donors (Lipinski definition) is 6. The summed E-state index contributed by atoms with van der Waals surface area (Å²) in [5.74, 6) is -0.501. The normalized spacial score (nSPS) is 22.3. The molecule has 1 rings (SSSR count). The van der Waals surface area contributed by atoms with E-state index in [9.17, 15) is 39.8 Å². The zero-order valence-electron chi connectivity index (χ0n) is 40.0. The fourth-order valence-electron chi connectivity index (χ4n) is 7.06. The Labute approximate surface area is 392 Å². The Bertz CT molecular complexity index is 1390. The van der Waals surface area contributed by atoms with Gasteiger partial charge in [-0.15, -0.1) is 0 Å². The smallest absolute Gasteiger partial charge is 0.457 e. The molecule has 0 amide bonds. The van der Waals surface area contributed by atoms with Crippen molar-refractivity contribution in [3.8, 4) is 0 Å². The van der Waals surface area contributed by atoms with Crippen molar-refractivity contribution in [3.05, 3.63) is 85.1 Å². The van der Waals surface area contributed by atoms with E-state index in [2.05, 4.69) is 98.9 Å². The summed E-state index contributed by atoms with van der Waals surface area (Å²) in [5.41, 5.74) is 0. The minimum absolute atomic E-state index is 0.107. The fourth-order valence-corrected chi connectivity index (χ4v) is 8.03. The molecule has 0 aromatic carbocycles. The van der Waals surface area contributed by atoms with Crippen LogP contribution in [0.2, 0.25) is 0 Å². The molecule has 0 heterocycles. The molecule has 0 saturated heterocycles. The number of allylic oxidation sites excluding steroid dienone is 14. The predicted molar refractivity (Wildman–Crippen MR) is 262 cm³/mol. The SMILES string of the molecule is CC/C=C\C/C=C\C/C=C\C/C=C\C/C=C\C/C=C\CCCCCOCC(COP(=O)(O)OC1C(O)C(O)C(O)C(O)C1O)OC(=O)CCCCCCC/C=C\CCCCCCCCC. The highest BCUT2D eigenvalue weighted by atomic mass is 31.2. The maximum Gasteiger partial charge on any atom is 0.472 e. The van der Waals surface area contributed by atoms with Crippen LogP contribution in [0, 0.1) is 0 Å². The van der Waals surface area contributed by atoms with Gasteiger partial charge < -0.3 is 39.9 Å². The van der Waals surface area contributed by atoms with Crippen molar-refractivity contribution in [2.24, 2.45) is 0 Å². The molecule has 12 nitrogen and oxygen atoms in total. The first-order chi connectivity index (χ1) is 31.5. The maximum absolute atomic E-state index is 12.8. The lowest BCUT2D eigenvalue weighted by Gasteiger charge is -2.41. The molecular formula is C52H89O12P. The van der Waals surface area contributed by atoms with Gasteiger partial charge in [0.1, 0.15) is 42.7 Å². The highest BCUT2D eigenvalue weighted by Gasteiger charge is 2.51. The van der Waals surface area contributed by atoms with Crippen molar-refractivity contribution in [3.63, 3.8) is 0 Å². The zero-order valence-corrected chi connectivity index (χ0v) is 40.9. The van der Waals surface area contributed by atoms with Crippen LogP contribution >= 0.6 is 7.82 Å². The Kier molecular flexibility index (Phi) is 38.8. The Morgan fingerprint density at radius 2 is 0.908 bits per heavy atom. The molecule has 1 saturated carbocycles. The number of unbranched alkanes of at least 4 members (excludes halogenated alkanes) is 15. The molecule has 374 valence electrons. The summed E-state index contributed by atoms with van der Waals surface area (Å²) >= 11 is 0. The van der Waals surface area contributed by atoms with Crippen LogP contribution in [0.5, 0.6) is 0 Å². The average Bonchev–Trinajstić information content (AvgIpc) is 3.29. The molecule has 0 aromatic heterocycles. The number of esters is 1. The van der Waals surface area contributed by atoms with Crippen molar-refractivity contribution >= 4 is 13.8 Å². The Morgan fingerprint density at radius 1 is 0.508 bits per heavy atom. The molecule has 6 N–H and O–H groups in total. The first-order valence-electron chi connectivity index (χ1n) is 24.9. The van der Waals surface area contributed by atoms with Crippen molar-refractivity contribution in [1.29, 1.82) is 0 Å². The van der Waals surface area contributed by atoms with Gasteiger partial charge in [-0.1, -0.05) is 163 Å². The van der Waals surface area contributed by atoms with Gasteiger partial charge in [0.25, 0.3) is 0 Å². The molecule has 0 spiro atoms. The van der Waals surface area contributed by atoms with E-state index in [1.807, 2.05) is 0 Å². The third-order valence-corrected chi connectivity index (χ3v) is 12.0. The van der Waals surface area contributed by atoms with Gasteiger partial charge in [-0.2, -0.15) is 0 Å². The molecule has 1 fully saturated rings. The van der Waals surface area contributed by atoms with Gasteiger partial charge in [-0.05, 0) is 89.9 Å². The molecule has 0 bridgehead atoms. The van der Waals surface area contributed by atoms with Crippen molar-refractivity contribution in [1.82, 2.24) is 0 Å². The highest BCUT2D eigenvalue weighted by molar-refractivity contribution is 7.47. The van der Waals surface area contributed by atoms with Gasteiger partial charge in [0, 0.05) is 13.0 Å². The molecule has 6 atom stereocenters. The first-order valence-corrected chi connectivity index (χ1v) is 26.4. The van der Waals surface area contributed by atoms with E-state index in [0.29, 0.717) is 13.0 Å². The van der Waals surface area contributed by atoms with Gasteiger partial charge in [0.05, 0.1) is 13.2 Å². The highest BCUT2D eigenvalue weighted by Crippen LogP contribution is 2.47. The summed E-state index contributed by atoms with van der Waals surface area (Å²) in [6.07, 6.45) is 43.6. The minimum Gasteiger partial charge on any atom is -0.457 e. The van der Waals surface area contributed by atoms with Crippen LogP contribution in [0.4, 0.5) is 0 Å². The van der Waals surface area contributed by atoms with Gasteiger partial charge in [0.2, 0.25) is 0 Å². The summed E-state index contributed by atoms with van der Waals surface area (Å²) in [6, 6.07) is 0. The average molecular weight is 937 g/mol. The zero-order chi connectivity index (χ0) is 47.6. The minimum atomic E-state index is -5.04. The van der Waals surface area contributed by atoms with Gasteiger partial charge >= 0.3 is 13.8 Å². The van der Waals surface area contributed by atoms with Crippen molar-refractivity contribution in [2.45, 2.75) is 217 Å². The van der Waals surface area contributed by atoms with E-state index in [1.165, 1.54) is 44.9 Å². The molecule has 1 aliphatic carbocycles. The Morgan fingerprint density at radius 3 is 1.40 bits per heavy atom. The second kappa shape index (κ2) is 41.7. The first kappa shape index (κ1) is 60.5. The number of ether oxygens (including phenoxy) is 2. The molecule has 0 radical (unpaired) electrons. The third kappa shape index (κ3) is 33.6. The summed E-state index contributed by atoms with van der Waals surface area (Å²) in [5, 5.41) is 50.3. The molecule has 65 heavy (non-hydrogen) atoms. The number of aliphatic hydroxyl groups excluding tert-OH is 5. The standard InChI is InChI=1S/C52H89O12P/c1-3-5-7-9-11-13-15-17-19-21-22-23-24-25-26-28-30-32-34-36-38-40-42-61-43-45(44-62-65(59,60)64-52-50(57)48(55)47(54)49(56)51(52)58)63-46(53)41-39-37-35-33-31-29-27-20-18-16-14-12-10-8-6-4-2/h5,7,11,13,17,19-20,22-23,25-27,30,32,45,47-52,54-58H,3-4,6,8-10,12,14-16,18,21,24,28-29,31,33-44H2,1-2H3,(H,59,60)/b7-5-,13-11-,19-17-,23-22-,26-25-,27-20-,32-30-. The van der Waals surface area contributed by atoms with Crippen LogP contribution in [0.1, 0.15) is 174 Å². The number of hydrogen-bond acceptors (Lipinski definition) is 11. The summed E-state index contributed by atoms with van der Waals surface area (Å²) in [7, 11) is -5.04. The van der Waals surface area contributed by atoms with E-state index >= 15 is 0 Å². The Hall–Kier alpha value is -2.48. The topological polar surface area (TPSA) is 192 Å². The lowest BCUT2D eigenvalue weighted by molar-refractivity contribution is -0.220. The van der Waals surface area contributed by atoms with E-state index < -0.39 is 63.1 Å². The van der Waals surface area contributed by atoms with E-state index in [0.717, 1.165) is 103 Å². The number of phosphoric acid groups is 1. The summed E-state index contributed by atoms with van der Waals surface area (Å²) in [4.78, 5) is 23.2. The number of phosphoric ester groups is 1. The van der Waals surface area contributed by atoms with Crippen LogP contribution < -0.4 is 0 Å². The van der Waals surface area contributed by atoms with Crippen LogP contribution in [0.25, 0.3) is 0 Å². The number of rotatable bonds is 41. The van der Waals surface area contributed by atoms with Gasteiger partial charge in [-0.25, -0.2) is 4.57 Å². The molecule has 6 unspecified atom stereocenters.